The monoisotopic (exact) mass is 246 g/mol. The Morgan fingerprint density at radius 3 is 2.72 bits per heavy atom. The van der Waals surface area contributed by atoms with E-state index < -0.39 is 0 Å². The molecular formula is C14H18N2O2. The quantitative estimate of drug-likeness (QED) is 0.677. The molecule has 0 bridgehead atoms. The van der Waals surface area contributed by atoms with Crippen LogP contribution in [0.5, 0.6) is 5.88 Å². The Kier molecular flexibility index (Phi) is 2.67. The van der Waals surface area contributed by atoms with Gasteiger partial charge in [-0.1, -0.05) is 25.0 Å². The lowest BCUT2D eigenvalue weighted by Crippen LogP contribution is -2.26. The van der Waals surface area contributed by atoms with Gasteiger partial charge in [0.2, 0.25) is 5.88 Å². The van der Waals surface area contributed by atoms with Crippen LogP contribution in [0.3, 0.4) is 0 Å². The van der Waals surface area contributed by atoms with Crippen molar-refractivity contribution in [2.45, 2.75) is 37.8 Å². The molecule has 2 atom stereocenters. The van der Waals surface area contributed by atoms with Gasteiger partial charge in [-0.2, -0.15) is 0 Å². The lowest BCUT2D eigenvalue weighted by molar-refractivity contribution is 0.0721. The van der Waals surface area contributed by atoms with Crippen LogP contribution in [-0.4, -0.2) is 20.9 Å². The molecule has 1 aliphatic carbocycles. The number of aliphatic hydroxyl groups excluding tert-OH is 1. The zero-order valence-electron chi connectivity index (χ0n) is 10.2. The Morgan fingerprint density at radius 2 is 2.00 bits per heavy atom. The van der Waals surface area contributed by atoms with Gasteiger partial charge in [0.15, 0.2) is 0 Å². The van der Waals surface area contributed by atoms with Crippen molar-refractivity contribution in [3.8, 4) is 5.88 Å². The second-order valence-corrected chi connectivity index (χ2v) is 5.09. The van der Waals surface area contributed by atoms with Gasteiger partial charge in [0, 0.05) is 17.3 Å². The molecule has 0 saturated heterocycles. The van der Waals surface area contributed by atoms with E-state index in [9.17, 15) is 10.2 Å². The molecular weight excluding hydrogens is 228 g/mol. The first-order valence-corrected chi connectivity index (χ1v) is 6.44. The number of rotatable bonds is 1. The minimum absolute atomic E-state index is 0.0365. The maximum Gasteiger partial charge on any atom is 0.201 e. The molecule has 3 rings (SSSR count). The van der Waals surface area contributed by atoms with E-state index in [1.807, 2.05) is 18.3 Å². The second-order valence-electron chi connectivity index (χ2n) is 5.09. The Labute approximate surface area is 106 Å². The van der Waals surface area contributed by atoms with Gasteiger partial charge in [-0.05, 0) is 18.9 Å². The van der Waals surface area contributed by atoms with Crippen LogP contribution in [-0.2, 0) is 0 Å². The number of hydrogen-bond donors (Lipinski definition) is 3. The molecule has 96 valence electrons. The smallest absolute Gasteiger partial charge is 0.201 e. The van der Waals surface area contributed by atoms with E-state index in [4.69, 9.17) is 5.73 Å². The van der Waals surface area contributed by atoms with Crippen LogP contribution >= 0.6 is 0 Å². The summed E-state index contributed by atoms with van der Waals surface area (Å²) in [6.07, 6.45) is 5.35. The molecule has 0 aliphatic heterocycles. The summed E-state index contributed by atoms with van der Waals surface area (Å²) in [5.74, 6) is 0.175. The average Bonchev–Trinajstić information content (AvgIpc) is 2.69. The van der Waals surface area contributed by atoms with E-state index in [-0.39, 0.29) is 18.0 Å². The molecule has 4 N–H and O–H groups in total. The van der Waals surface area contributed by atoms with Crippen LogP contribution in [0.1, 0.15) is 31.7 Å². The molecule has 18 heavy (non-hydrogen) atoms. The van der Waals surface area contributed by atoms with Gasteiger partial charge in [-0.25, -0.2) is 0 Å². The fourth-order valence-electron chi connectivity index (χ4n) is 2.96. The summed E-state index contributed by atoms with van der Waals surface area (Å²) < 4.78 is 1.78. The molecule has 1 saturated carbocycles. The number of nitrogen functional groups attached to an aromatic ring is 1. The van der Waals surface area contributed by atoms with Crippen molar-refractivity contribution in [3.05, 3.63) is 24.4 Å². The molecule has 2 aromatic rings. The van der Waals surface area contributed by atoms with E-state index in [0.717, 1.165) is 31.1 Å². The predicted molar refractivity (Wildman–Crippen MR) is 71.5 cm³/mol. The van der Waals surface area contributed by atoms with Gasteiger partial charge in [0.1, 0.15) is 0 Å². The van der Waals surface area contributed by atoms with Crippen molar-refractivity contribution in [3.63, 3.8) is 0 Å². The lowest BCUT2D eigenvalue weighted by Gasteiger charge is -2.29. The van der Waals surface area contributed by atoms with Gasteiger partial charge in [-0.15, -0.1) is 0 Å². The number of aromatic nitrogens is 1. The summed E-state index contributed by atoms with van der Waals surface area (Å²) >= 11 is 0. The minimum Gasteiger partial charge on any atom is -0.494 e. The van der Waals surface area contributed by atoms with Crippen LogP contribution < -0.4 is 5.73 Å². The number of aromatic hydroxyl groups is 1. The molecule has 0 amide bonds. The van der Waals surface area contributed by atoms with E-state index in [2.05, 4.69) is 0 Å². The Balaban J connectivity index is 2.12. The highest BCUT2D eigenvalue weighted by Gasteiger charge is 2.27. The number of nitrogens with zero attached hydrogens (tertiary/aromatic N) is 1. The maximum absolute atomic E-state index is 10.3. The summed E-state index contributed by atoms with van der Waals surface area (Å²) in [5, 5.41) is 22.0. The van der Waals surface area contributed by atoms with Crippen molar-refractivity contribution >= 4 is 16.5 Å². The molecule has 1 heterocycles. The average molecular weight is 246 g/mol. The van der Waals surface area contributed by atoms with Crippen molar-refractivity contribution in [1.82, 2.24) is 4.57 Å². The van der Waals surface area contributed by atoms with Crippen molar-refractivity contribution in [2.24, 2.45) is 0 Å². The first kappa shape index (κ1) is 11.4. The first-order chi connectivity index (χ1) is 8.68. The van der Waals surface area contributed by atoms with Crippen LogP contribution in [0, 0.1) is 0 Å². The molecule has 1 aromatic heterocycles. The van der Waals surface area contributed by atoms with Crippen molar-refractivity contribution in [1.29, 1.82) is 0 Å². The summed E-state index contributed by atoms with van der Waals surface area (Å²) in [6.45, 7) is 0. The van der Waals surface area contributed by atoms with Crippen LogP contribution in [0.25, 0.3) is 10.8 Å². The van der Waals surface area contributed by atoms with Gasteiger partial charge in [0.25, 0.3) is 0 Å². The topological polar surface area (TPSA) is 71.4 Å². The number of hydrogen-bond acceptors (Lipinski definition) is 3. The maximum atomic E-state index is 10.3. The highest BCUT2D eigenvalue weighted by atomic mass is 16.3. The molecule has 4 heteroatoms. The largest absolute Gasteiger partial charge is 0.494 e. The highest BCUT2D eigenvalue weighted by Crippen LogP contribution is 2.38. The first-order valence-electron chi connectivity index (χ1n) is 6.44. The van der Waals surface area contributed by atoms with Crippen molar-refractivity contribution in [2.75, 3.05) is 5.73 Å². The number of anilines is 1. The third-order valence-electron chi connectivity index (χ3n) is 3.93. The van der Waals surface area contributed by atoms with Gasteiger partial charge in [-0.3, -0.25) is 0 Å². The third-order valence-corrected chi connectivity index (χ3v) is 3.93. The third kappa shape index (κ3) is 1.64. The molecule has 0 radical (unpaired) electrons. The molecule has 1 aromatic carbocycles. The SMILES string of the molecule is Nc1cccc2cn([C@@H]3CCCC[C@@H]3O)c(O)c12. The normalized spacial score (nSPS) is 24.5. The highest BCUT2D eigenvalue weighted by molar-refractivity contribution is 5.97. The Bertz CT molecular complexity index is 576. The number of fused-ring (bicyclic) bond motifs is 1. The fourth-order valence-corrected chi connectivity index (χ4v) is 2.96. The van der Waals surface area contributed by atoms with Crippen molar-refractivity contribution < 1.29 is 10.2 Å². The number of aliphatic hydroxyl groups is 1. The predicted octanol–water partition coefficient (Wildman–Crippen LogP) is 2.41. The second kappa shape index (κ2) is 4.21. The summed E-state index contributed by atoms with van der Waals surface area (Å²) in [4.78, 5) is 0. The van der Waals surface area contributed by atoms with Gasteiger partial charge < -0.3 is 20.5 Å². The molecule has 1 aliphatic rings. The zero-order chi connectivity index (χ0) is 12.7. The van der Waals surface area contributed by atoms with Crippen LogP contribution in [0.4, 0.5) is 5.69 Å². The zero-order valence-corrected chi connectivity index (χ0v) is 10.2. The molecule has 0 spiro atoms. The molecule has 0 unspecified atom stereocenters. The summed E-state index contributed by atoms with van der Waals surface area (Å²) in [6, 6.07) is 5.55. The van der Waals surface area contributed by atoms with Crippen LogP contribution in [0.15, 0.2) is 24.4 Å². The van der Waals surface area contributed by atoms with Gasteiger partial charge >= 0.3 is 0 Å². The van der Waals surface area contributed by atoms with E-state index in [1.165, 1.54) is 0 Å². The van der Waals surface area contributed by atoms with E-state index >= 15 is 0 Å². The lowest BCUT2D eigenvalue weighted by atomic mass is 9.92. The van der Waals surface area contributed by atoms with E-state index in [0.29, 0.717) is 11.1 Å². The Hall–Kier alpha value is -1.68. The minimum atomic E-state index is -0.382. The molecule has 4 nitrogen and oxygen atoms in total. The van der Waals surface area contributed by atoms with E-state index in [1.54, 1.807) is 10.6 Å². The summed E-state index contributed by atoms with van der Waals surface area (Å²) in [7, 11) is 0. The fraction of sp³-hybridized carbons (Fsp3) is 0.429. The summed E-state index contributed by atoms with van der Waals surface area (Å²) in [5.41, 5.74) is 6.48. The standard InChI is InChI=1S/C14H18N2O2/c15-10-5-3-4-9-8-16(14(18)13(9)10)11-6-1-2-7-12(11)17/h3-5,8,11-12,17-18H,1-2,6-7,15H2/t11-,12+/m1/s1. The number of benzene rings is 1. The van der Waals surface area contributed by atoms with Crippen LogP contribution in [0.2, 0.25) is 0 Å². The Morgan fingerprint density at radius 1 is 1.22 bits per heavy atom. The van der Waals surface area contributed by atoms with Gasteiger partial charge in [0.05, 0.1) is 17.5 Å². The molecule has 1 fully saturated rings. The number of nitrogens with two attached hydrogens (primary N) is 1.